The molecule has 0 unspecified atom stereocenters. The minimum Gasteiger partial charge on any atom is 0 e. The second kappa shape index (κ2) is 29.8. The summed E-state index contributed by atoms with van der Waals surface area (Å²) in [5.41, 5.74) is 3.76. The molecule has 1 heterocycles. The molecule has 33 heavy (non-hydrogen) atoms. The van der Waals surface area contributed by atoms with Gasteiger partial charge in [-0.25, -0.2) is 0 Å². The molecule has 0 saturated heterocycles. The van der Waals surface area contributed by atoms with Crippen molar-refractivity contribution in [3.63, 3.8) is 0 Å². The first-order chi connectivity index (χ1) is 15.9. The molecular formula is C25H16O6TeW. The smallest absolute Gasteiger partial charge is 0 e. The Hall–Kier alpha value is -2.20. The zero-order valence-electron chi connectivity index (χ0n) is 17.3. The van der Waals surface area contributed by atoms with Gasteiger partial charge in [-0.2, -0.15) is 0 Å². The van der Waals surface area contributed by atoms with Gasteiger partial charge >= 0.3 is 199 Å². The van der Waals surface area contributed by atoms with Crippen molar-refractivity contribution in [1.29, 1.82) is 0 Å². The summed E-state index contributed by atoms with van der Waals surface area (Å²) in [6.07, 6.45) is 6.42. The monoisotopic (exact) mass is 726 g/mol. The number of ether oxygens (including phenoxy) is 1. The van der Waals surface area contributed by atoms with Crippen LogP contribution in [0.2, 0.25) is 0 Å². The van der Waals surface area contributed by atoms with E-state index >= 15 is 0 Å². The van der Waals surface area contributed by atoms with Crippen LogP contribution in [0.4, 0.5) is 0 Å². The largest absolute Gasteiger partial charge is 0 e. The number of rotatable bonds is 4. The third kappa shape index (κ3) is 16.1. The minimum atomic E-state index is -0.411. The van der Waals surface area contributed by atoms with Crippen LogP contribution in [0.1, 0.15) is 11.1 Å². The van der Waals surface area contributed by atoms with Crippen LogP contribution in [-0.4, -0.2) is 28.0 Å². The molecule has 2 aromatic rings. The van der Waals surface area contributed by atoms with Crippen molar-refractivity contribution in [2.45, 2.75) is 0 Å². The molecule has 0 N–H and O–H groups in total. The van der Waals surface area contributed by atoms with E-state index in [2.05, 4.69) is 113 Å². The van der Waals surface area contributed by atoms with Crippen LogP contribution < -0.4 is 0 Å². The summed E-state index contributed by atoms with van der Waals surface area (Å²) in [6, 6.07) is 21.3. The van der Waals surface area contributed by atoms with E-state index in [0.717, 1.165) is 5.57 Å². The molecule has 2 radical (unpaired) electrons. The van der Waals surface area contributed by atoms with Crippen molar-refractivity contribution in [1.82, 2.24) is 0 Å². The molecule has 1 aliphatic heterocycles. The van der Waals surface area contributed by atoms with Crippen molar-refractivity contribution in [2.24, 2.45) is 0 Å². The maximum absolute atomic E-state index is 7.50. The molecule has 0 aromatic heterocycles. The Morgan fingerprint density at radius 3 is 1.30 bits per heavy atom. The molecule has 0 amide bonds. The van der Waals surface area contributed by atoms with E-state index in [9.17, 15) is 0 Å². The molecule has 0 aliphatic carbocycles. The van der Waals surface area contributed by atoms with Gasteiger partial charge < -0.3 is 0 Å². The van der Waals surface area contributed by atoms with Crippen molar-refractivity contribution in [2.75, 3.05) is 7.11 Å². The van der Waals surface area contributed by atoms with Gasteiger partial charge in [0.25, 0.3) is 0 Å². The van der Waals surface area contributed by atoms with Gasteiger partial charge in [-0.15, -0.1) is 0 Å². The van der Waals surface area contributed by atoms with Crippen LogP contribution in [0.5, 0.6) is 0 Å². The molecule has 164 valence electrons. The van der Waals surface area contributed by atoms with Gasteiger partial charge in [-0.05, 0) is 0 Å². The third-order valence-corrected chi connectivity index (χ3v) is 6.55. The number of hydrogen-bond donors (Lipinski definition) is 0. The predicted molar refractivity (Wildman–Crippen MR) is 113 cm³/mol. The Morgan fingerprint density at radius 2 is 1.00 bits per heavy atom. The van der Waals surface area contributed by atoms with Crippen LogP contribution in [0, 0.1) is 39.9 Å². The zero-order chi connectivity index (χ0) is 25.2. The van der Waals surface area contributed by atoms with E-state index in [1.165, 1.54) is 18.4 Å². The summed E-state index contributed by atoms with van der Waals surface area (Å²) in [4.78, 5) is 0. The maximum Gasteiger partial charge on any atom is 0 e. The van der Waals surface area contributed by atoms with E-state index in [1.807, 2.05) is 6.08 Å². The Kier molecular flexibility index (Phi) is 34.4. The fraction of sp³-hybridized carbons (Fsp3) is 0.0400. The topological polar surface area (TPSA) is 109 Å². The van der Waals surface area contributed by atoms with E-state index in [1.54, 1.807) is 7.11 Å². The van der Waals surface area contributed by atoms with Gasteiger partial charge in [0.1, 0.15) is 0 Å². The summed E-state index contributed by atoms with van der Waals surface area (Å²) in [7, 11) is 1.62. The van der Waals surface area contributed by atoms with Gasteiger partial charge in [-0.1, -0.05) is 0 Å². The number of methoxy groups -OCH3 is 1. The van der Waals surface area contributed by atoms with Gasteiger partial charge in [0, 0.05) is 21.1 Å². The van der Waals surface area contributed by atoms with E-state index in [-0.39, 0.29) is 21.1 Å². The summed E-state index contributed by atoms with van der Waals surface area (Å²) in [6.45, 7) is 25.3. The molecule has 8 heteroatoms. The second-order valence-corrected chi connectivity index (χ2v) is 7.91. The fourth-order valence-electron chi connectivity index (χ4n) is 2.22. The van der Waals surface area contributed by atoms with E-state index in [0.29, 0.717) is 0 Å². The number of benzene rings is 2. The van der Waals surface area contributed by atoms with Crippen molar-refractivity contribution < 1.29 is 49.1 Å². The standard InChI is InChI=1S/C20H16OTe.5CO.W/c1-21-13-12-16-14-19(17-8-4-2-5-9-17)22-20(15-16)18-10-6-3-7-11-18;5*1-2;/h2-12,14-15H,1H3;;;;;;. The third-order valence-electron chi connectivity index (χ3n) is 3.28. The summed E-state index contributed by atoms with van der Waals surface area (Å²) < 4.78 is 45.3. The van der Waals surface area contributed by atoms with Crippen molar-refractivity contribution in [3.8, 4) is 0 Å². The maximum atomic E-state index is 7.50. The normalized spacial score (nSPS) is 9.85. The van der Waals surface area contributed by atoms with Crippen LogP contribution in [0.15, 0.2) is 84.5 Å². The second-order valence-electron chi connectivity index (χ2n) is 4.82. The summed E-state index contributed by atoms with van der Waals surface area (Å²) in [5.74, 6) is 0. The quantitative estimate of drug-likeness (QED) is 0.263. The van der Waals surface area contributed by atoms with Gasteiger partial charge in [0.05, 0.1) is 0 Å². The Labute approximate surface area is 218 Å². The van der Waals surface area contributed by atoms with Gasteiger partial charge in [0.2, 0.25) is 0 Å². The minimum absolute atomic E-state index is 0. The average Bonchev–Trinajstić information content (AvgIpc) is 2.94. The molecule has 3 rings (SSSR count). The number of hydrogen-bond acceptors (Lipinski definition) is 1. The van der Waals surface area contributed by atoms with E-state index in [4.69, 9.17) is 28.0 Å². The molecule has 0 fully saturated rings. The molecular weight excluding hydrogens is 708 g/mol. The Morgan fingerprint density at radius 1 is 0.667 bits per heavy atom. The molecule has 0 spiro atoms. The SMILES string of the molecule is CO[C]C=C1C=C(c2ccccc2)[Te]C(c2ccccc2)=C1.[C-]#[O+].[C-]#[O+].[C-]#[O+].[C-]#[O+].[C-]#[O+].[W]. The molecule has 2 aromatic carbocycles. The first-order valence-electron chi connectivity index (χ1n) is 8.09. The molecule has 0 atom stereocenters. The van der Waals surface area contributed by atoms with Gasteiger partial charge in [0.15, 0.2) is 0 Å². The van der Waals surface area contributed by atoms with E-state index < -0.39 is 20.9 Å². The van der Waals surface area contributed by atoms with Crippen LogP contribution in [0.25, 0.3) is 7.24 Å². The van der Waals surface area contributed by atoms with Gasteiger partial charge in [-0.3, -0.25) is 0 Å². The van der Waals surface area contributed by atoms with Crippen LogP contribution >= 0.6 is 0 Å². The molecule has 6 nitrogen and oxygen atoms in total. The average molecular weight is 724 g/mol. The van der Waals surface area contributed by atoms with Crippen LogP contribution in [-0.2, 0) is 49.1 Å². The fourth-order valence-corrected chi connectivity index (χ4v) is 5.46. The van der Waals surface area contributed by atoms with Crippen molar-refractivity contribution >= 4 is 28.2 Å². The predicted octanol–water partition coefficient (Wildman–Crippen LogP) is 4.21. The first-order valence-corrected chi connectivity index (χ1v) is 10.4. The molecule has 0 bridgehead atoms. The Balaban J connectivity index is -0.000000340. The number of allylic oxidation sites excluding steroid dienone is 3. The molecule has 0 saturated carbocycles. The van der Waals surface area contributed by atoms with Crippen LogP contribution in [0.3, 0.4) is 0 Å². The van der Waals surface area contributed by atoms with Crippen molar-refractivity contribution in [3.05, 3.63) is 135 Å². The summed E-state index contributed by atoms with van der Waals surface area (Å²) in [5, 5.41) is 0. The Bertz CT molecular complexity index is 847. The zero-order valence-corrected chi connectivity index (χ0v) is 22.5. The molecule has 1 aliphatic rings. The first kappa shape index (κ1) is 38.1. The summed E-state index contributed by atoms with van der Waals surface area (Å²) >= 11 is -0.411.